The Hall–Kier alpha value is -1.18. The van der Waals surface area contributed by atoms with Crippen molar-refractivity contribution in [3.63, 3.8) is 0 Å². The Morgan fingerprint density at radius 3 is 2.44 bits per heavy atom. The van der Waals surface area contributed by atoms with Crippen LogP contribution in [0.1, 0.15) is 11.7 Å². The van der Waals surface area contributed by atoms with Gasteiger partial charge in [0.15, 0.2) is 0 Å². The van der Waals surface area contributed by atoms with Gasteiger partial charge in [0, 0.05) is 11.3 Å². The first-order chi connectivity index (χ1) is 8.24. The summed E-state index contributed by atoms with van der Waals surface area (Å²) in [5.74, 6) is -0.977. The smallest absolute Gasteiger partial charge is 0.405 e. The minimum absolute atomic E-state index is 0.125. The van der Waals surface area contributed by atoms with Crippen molar-refractivity contribution in [2.75, 3.05) is 11.6 Å². The molecule has 18 heavy (non-hydrogen) atoms. The Labute approximate surface area is 106 Å². The van der Waals surface area contributed by atoms with Crippen molar-refractivity contribution in [2.45, 2.75) is 18.6 Å². The molecule has 8 heteroatoms. The third-order valence-corrected chi connectivity index (χ3v) is 2.42. The maximum absolute atomic E-state index is 12.1. The summed E-state index contributed by atoms with van der Waals surface area (Å²) < 4.78 is 40.2. The second-order valence-electron chi connectivity index (χ2n) is 3.51. The fraction of sp³-hybridized carbons (Fsp3) is 0.400. The number of hydrogen-bond acceptors (Lipinski definition) is 4. The van der Waals surface area contributed by atoms with Gasteiger partial charge in [0.25, 0.3) is 0 Å². The molecule has 102 valence electrons. The zero-order valence-electron chi connectivity index (χ0n) is 8.99. The van der Waals surface area contributed by atoms with Crippen molar-refractivity contribution < 1.29 is 28.1 Å². The Balaban J connectivity index is 3.11. The molecule has 0 fully saturated rings. The first-order valence-corrected chi connectivity index (χ1v) is 5.35. The highest BCUT2D eigenvalue weighted by molar-refractivity contribution is 6.18. The number of ether oxygens (including phenoxy) is 1. The molecule has 0 heterocycles. The van der Waals surface area contributed by atoms with Gasteiger partial charge in [0.05, 0.1) is 12.0 Å². The van der Waals surface area contributed by atoms with Gasteiger partial charge in [0.1, 0.15) is 11.9 Å². The molecule has 0 saturated carbocycles. The summed E-state index contributed by atoms with van der Waals surface area (Å²) in [6, 6.07) is 3.23. The number of benzene rings is 1. The van der Waals surface area contributed by atoms with Gasteiger partial charge in [-0.2, -0.15) is 0 Å². The van der Waals surface area contributed by atoms with Crippen LogP contribution in [0.4, 0.5) is 18.9 Å². The molecule has 1 aromatic rings. The van der Waals surface area contributed by atoms with Gasteiger partial charge < -0.3 is 20.7 Å². The minimum atomic E-state index is -4.91. The molecule has 0 aromatic heterocycles. The molecule has 2 unspecified atom stereocenters. The number of nitrogens with two attached hydrogens (primary N) is 1. The molecule has 2 atom stereocenters. The largest absolute Gasteiger partial charge is 0.573 e. The molecule has 4 nitrogen and oxygen atoms in total. The Bertz CT molecular complexity index is 414. The van der Waals surface area contributed by atoms with E-state index in [-0.39, 0.29) is 17.1 Å². The average molecular weight is 286 g/mol. The van der Waals surface area contributed by atoms with E-state index in [1.807, 2.05) is 0 Å². The fourth-order valence-corrected chi connectivity index (χ4v) is 1.48. The Morgan fingerprint density at radius 1 is 1.33 bits per heavy atom. The molecule has 0 amide bonds. The number of nitrogen functional groups attached to an aromatic ring is 1. The maximum Gasteiger partial charge on any atom is 0.573 e. The van der Waals surface area contributed by atoms with Crippen molar-refractivity contribution in [1.29, 1.82) is 0 Å². The quantitative estimate of drug-likeness (QED) is 0.582. The van der Waals surface area contributed by atoms with E-state index >= 15 is 0 Å². The van der Waals surface area contributed by atoms with Gasteiger partial charge in [0.2, 0.25) is 0 Å². The number of halogens is 4. The Kier molecular flexibility index (Phi) is 4.66. The van der Waals surface area contributed by atoms with Crippen LogP contribution in [0.5, 0.6) is 5.75 Å². The van der Waals surface area contributed by atoms with Crippen LogP contribution in [-0.4, -0.2) is 28.6 Å². The van der Waals surface area contributed by atoms with Gasteiger partial charge >= 0.3 is 6.36 Å². The van der Waals surface area contributed by atoms with Crippen molar-refractivity contribution in [2.24, 2.45) is 0 Å². The van der Waals surface area contributed by atoms with E-state index in [4.69, 9.17) is 17.3 Å². The normalized spacial score (nSPS) is 15.2. The van der Waals surface area contributed by atoms with E-state index in [2.05, 4.69) is 4.74 Å². The summed E-state index contributed by atoms with van der Waals surface area (Å²) in [6.07, 6.45) is -7.95. The van der Waals surface area contributed by atoms with Gasteiger partial charge in [-0.1, -0.05) is 0 Å². The molecule has 1 aromatic carbocycles. The highest BCUT2D eigenvalue weighted by Gasteiger charge is 2.33. The number of anilines is 1. The molecule has 1 rings (SSSR count). The van der Waals surface area contributed by atoms with Crippen LogP contribution in [0.2, 0.25) is 0 Å². The molecule has 0 saturated heterocycles. The van der Waals surface area contributed by atoms with Gasteiger partial charge in [-0.25, -0.2) is 0 Å². The summed E-state index contributed by atoms with van der Waals surface area (Å²) in [6.45, 7) is 0. The molecule has 0 aliphatic carbocycles. The number of alkyl halides is 4. The summed E-state index contributed by atoms with van der Waals surface area (Å²) in [7, 11) is 0. The molecule has 0 aliphatic rings. The minimum Gasteiger partial charge on any atom is -0.405 e. The van der Waals surface area contributed by atoms with E-state index in [9.17, 15) is 23.4 Å². The van der Waals surface area contributed by atoms with Crippen molar-refractivity contribution >= 4 is 17.3 Å². The van der Waals surface area contributed by atoms with E-state index in [1.165, 1.54) is 6.07 Å². The van der Waals surface area contributed by atoms with Crippen molar-refractivity contribution in [3.05, 3.63) is 23.8 Å². The molecule has 0 spiro atoms. The topological polar surface area (TPSA) is 75.7 Å². The van der Waals surface area contributed by atoms with Gasteiger partial charge in [-0.05, 0) is 18.2 Å². The van der Waals surface area contributed by atoms with Crippen LogP contribution >= 0.6 is 11.6 Å². The first kappa shape index (κ1) is 14.9. The molecule has 0 bridgehead atoms. The molecular weight excluding hydrogens is 275 g/mol. The predicted octanol–water partition coefficient (Wildman–Crippen LogP) is 1.80. The molecule has 4 N–H and O–H groups in total. The number of aliphatic hydroxyl groups excluding tert-OH is 2. The zero-order valence-corrected chi connectivity index (χ0v) is 9.74. The van der Waals surface area contributed by atoms with Gasteiger partial charge in [-0.15, -0.1) is 24.8 Å². The molecule has 0 aliphatic heterocycles. The molecule has 0 radical (unpaired) electrons. The van der Waals surface area contributed by atoms with Crippen LogP contribution in [0.15, 0.2) is 18.2 Å². The lowest BCUT2D eigenvalue weighted by Crippen LogP contribution is -2.23. The highest BCUT2D eigenvalue weighted by Crippen LogP contribution is 2.33. The third kappa shape index (κ3) is 3.94. The van der Waals surface area contributed by atoms with Crippen LogP contribution < -0.4 is 10.5 Å². The summed E-state index contributed by atoms with van der Waals surface area (Å²) in [5.41, 5.74) is 5.26. The summed E-state index contributed by atoms with van der Waals surface area (Å²) in [4.78, 5) is 0. The molecular formula is C10H11ClF3NO3. The third-order valence-electron chi connectivity index (χ3n) is 2.10. The first-order valence-electron chi connectivity index (χ1n) is 4.82. The summed E-state index contributed by atoms with van der Waals surface area (Å²) in [5, 5.41) is 19.0. The van der Waals surface area contributed by atoms with Crippen molar-refractivity contribution in [1.82, 2.24) is 0 Å². The summed E-state index contributed by atoms with van der Waals surface area (Å²) >= 11 is 5.32. The number of rotatable bonds is 4. The monoisotopic (exact) mass is 285 g/mol. The maximum atomic E-state index is 12.1. The van der Waals surface area contributed by atoms with E-state index in [0.717, 1.165) is 12.1 Å². The van der Waals surface area contributed by atoms with E-state index in [1.54, 1.807) is 0 Å². The van der Waals surface area contributed by atoms with Crippen molar-refractivity contribution in [3.8, 4) is 5.75 Å². The second kappa shape index (κ2) is 5.64. The average Bonchev–Trinajstić information content (AvgIpc) is 2.27. The predicted molar refractivity (Wildman–Crippen MR) is 59.2 cm³/mol. The zero-order chi connectivity index (χ0) is 13.9. The standard InChI is InChI=1S/C10H11ClF3NO3/c11-4-7(16)9(17)6-3-5(15)1-2-8(6)18-10(12,13)14/h1-3,7,9,16-17H,4,15H2. The van der Waals surface area contributed by atoms with Crippen LogP contribution in [0, 0.1) is 0 Å². The fourth-order valence-electron chi connectivity index (χ4n) is 1.31. The van der Waals surface area contributed by atoms with Crippen LogP contribution in [0.25, 0.3) is 0 Å². The lowest BCUT2D eigenvalue weighted by molar-refractivity contribution is -0.275. The number of aliphatic hydroxyl groups is 2. The second-order valence-corrected chi connectivity index (χ2v) is 3.82. The van der Waals surface area contributed by atoms with Crippen LogP contribution in [-0.2, 0) is 0 Å². The van der Waals surface area contributed by atoms with Crippen LogP contribution in [0.3, 0.4) is 0 Å². The number of hydrogen-bond donors (Lipinski definition) is 3. The van der Waals surface area contributed by atoms with E-state index in [0.29, 0.717) is 0 Å². The SMILES string of the molecule is Nc1ccc(OC(F)(F)F)c(C(O)C(O)CCl)c1. The van der Waals surface area contributed by atoms with Gasteiger partial charge in [-0.3, -0.25) is 0 Å². The lowest BCUT2D eigenvalue weighted by Gasteiger charge is -2.20. The highest BCUT2D eigenvalue weighted by atomic mass is 35.5. The van der Waals surface area contributed by atoms with E-state index < -0.39 is 24.3 Å². The lowest BCUT2D eigenvalue weighted by atomic mass is 10.0. The Morgan fingerprint density at radius 2 is 1.94 bits per heavy atom.